The van der Waals surface area contributed by atoms with E-state index in [0.717, 1.165) is 24.2 Å². The second-order valence-corrected chi connectivity index (χ2v) is 3.16. The second-order valence-electron chi connectivity index (χ2n) is 3.16. The van der Waals surface area contributed by atoms with Crippen molar-refractivity contribution in [2.24, 2.45) is 0 Å². The van der Waals surface area contributed by atoms with E-state index in [2.05, 4.69) is 28.2 Å². The molecule has 0 N–H and O–H groups in total. The number of nitrogens with zero attached hydrogens (tertiary/aromatic N) is 2. The van der Waals surface area contributed by atoms with Gasteiger partial charge >= 0.3 is 0 Å². The molecule has 1 aliphatic rings. The first-order valence-corrected chi connectivity index (χ1v) is 5.52. The van der Waals surface area contributed by atoms with Gasteiger partial charge in [-0.2, -0.15) is 0 Å². The van der Waals surface area contributed by atoms with Gasteiger partial charge < -0.3 is 0 Å². The molecule has 0 atom stereocenters. The smallest absolute Gasteiger partial charge is 0.125 e. The Labute approximate surface area is 91.8 Å². The number of hydrogen-bond donors (Lipinski definition) is 0. The number of allylic oxidation sites excluding steroid dienone is 4. The van der Waals surface area contributed by atoms with Crippen molar-refractivity contribution in [3.8, 4) is 0 Å². The Bertz CT molecular complexity index is 347. The topological polar surface area (TPSA) is 25.8 Å². The molecule has 2 heteroatoms. The Morgan fingerprint density at radius 1 is 1.07 bits per heavy atom. The molecule has 1 aromatic rings. The van der Waals surface area contributed by atoms with Crippen molar-refractivity contribution in [1.29, 1.82) is 0 Å². The summed E-state index contributed by atoms with van der Waals surface area (Å²) in [6, 6.07) is 0. The van der Waals surface area contributed by atoms with Crippen molar-refractivity contribution < 1.29 is 0 Å². The van der Waals surface area contributed by atoms with Crippen LogP contribution < -0.4 is 0 Å². The molecule has 80 valence electrons. The summed E-state index contributed by atoms with van der Waals surface area (Å²) in [5.41, 5.74) is 2.35. The molecule has 1 aliphatic carbocycles. The summed E-state index contributed by atoms with van der Waals surface area (Å²) in [6.07, 6.45) is 12.6. The minimum Gasteiger partial charge on any atom is -0.241 e. The Morgan fingerprint density at radius 2 is 1.73 bits per heavy atom. The number of aryl methyl sites for hydroxylation is 1. The van der Waals surface area contributed by atoms with E-state index in [1.807, 2.05) is 33.2 Å². The fraction of sp³-hybridized carbons (Fsp3) is 0.385. The molecule has 0 aliphatic heterocycles. The lowest BCUT2D eigenvalue weighted by Gasteiger charge is -2.05. The maximum absolute atomic E-state index is 4.17. The van der Waals surface area contributed by atoms with Crippen LogP contribution in [-0.2, 0) is 0 Å². The largest absolute Gasteiger partial charge is 0.241 e. The van der Waals surface area contributed by atoms with Crippen LogP contribution in [0.2, 0.25) is 0 Å². The fourth-order valence-corrected chi connectivity index (χ4v) is 1.37. The standard InChI is InChI=1S/C11H12N2.C2H6/c1-9-12-7-11(8-13-9)10-5-3-2-4-6-10;1-2/h3,5-8H,2,4H2,1H3;1-2H3. The van der Waals surface area contributed by atoms with Crippen molar-refractivity contribution in [2.45, 2.75) is 33.6 Å². The Morgan fingerprint density at radius 3 is 2.27 bits per heavy atom. The third-order valence-corrected chi connectivity index (χ3v) is 2.11. The minimum atomic E-state index is 0.823. The lowest BCUT2D eigenvalue weighted by molar-refractivity contribution is 1.02. The van der Waals surface area contributed by atoms with Gasteiger partial charge in [0.05, 0.1) is 0 Å². The normalized spacial score (nSPS) is 13.9. The molecule has 1 heterocycles. The lowest BCUT2D eigenvalue weighted by atomic mass is 10.0. The first kappa shape index (κ1) is 11.6. The molecule has 0 saturated heterocycles. The van der Waals surface area contributed by atoms with Gasteiger partial charge in [0.15, 0.2) is 0 Å². The monoisotopic (exact) mass is 202 g/mol. The van der Waals surface area contributed by atoms with Crippen LogP contribution in [0.25, 0.3) is 5.57 Å². The van der Waals surface area contributed by atoms with Crippen LogP contribution in [-0.4, -0.2) is 9.97 Å². The summed E-state index contributed by atoms with van der Waals surface area (Å²) in [7, 11) is 0. The summed E-state index contributed by atoms with van der Waals surface area (Å²) in [5.74, 6) is 0.823. The van der Waals surface area contributed by atoms with Crippen LogP contribution in [0.3, 0.4) is 0 Å². The molecule has 15 heavy (non-hydrogen) atoms. The van der Waals surface area contributed by atoms with E-state index in [0.29, 0.717) is 0 Å². The third kappa shape index (κ3) is 3.31. The minimum absolute atomic E-state index is 0.823. The van der Waals surface area contributed by atoms with E-state index in [-0.39, 0.29) is 0 Å². The summed E-state index contributed by atoms with van der Waals surface area (Å²) in [6.45, 7) is 5.90. The van der Waals surface area contributed by atoms with Crippen molar-refractivity contribution in [3.63, 3.8) is 0 Å². The maximum Gasteiger partial charge on any atom is 0.125 e. The quantitative estimate of drug-likeness (QED) is 0.696. The Kier molecular flexibility index (Phi) is 4.75. The van der Waals surface area contributed by atoms with E-state index >= 15 is 0 Å². The predicted octanol–water partition coefficient (Wildman–Crippen LogP) is 3.54. The molecule has 1 aromatic heterocycles. The molecule has 0 radical (unpaired) electrons. The van der Waals surface area contributed by atoms with Crippen LogP contribution >= 0.6 is 0 Å². The molecule has 0 bridgehead atoms. The van der Waals surface area contributed by atoms with Gasteiger partial charge in [0.25, 0.3) is 0 Å². The van der Waals surface area contributed by atoms with Crippen LogP contribution in [0.5, 0.6) is 0 Å². The van der Waals surface area contributed by atoms with Crippen molar-refractivity contribution in [2.75, 3.05) is 0 Å². The van der Waals surface area contributed by atoms with Gasteiger partial charge in [0.2, 0.25) is 0 Å². The van der Waals surface area contributed by atoms with Gasteiger partial charge in [-0.05, 0) is 25.3 Å². The summed E-state index contributed by atoms with van der Waals surface area (Å²) >= 11 is 0. The van der Waals surface area contributed by atoms with Gasteiger partial charge in [-0.15, -0.1) is 0 Å². The summed E-state index contributed by atoms with van der Waals surface area (Å²) < 4.78 is 0. The molecule has 0 amide bonds. The van der Waals surface area contributed by atoms with Crippen molar-refractivity contribution in [1.82, 2.24) is 9.97 Å². The Balaban J connectivity index is 0.000000531. The van der Waals surface area contributed by atoms with Gasteiger partial charge in [-0.1, -0.05) is 32.1 Å². The zero-order chi connectivity index (χ0) is 11.1. The van der Waals surface area contributed by atoms with Crippen LogP contribution in [0.1, 0.15) is 38.1 Å². The molecule has 2 nitrogen and oxygen atoms in total. The van der Waals surface area contributed by atoms with Gasteiger partial charge in [0, 0.05) is 18.0 Å². The van der Waals surface area contributed by atoms with E-state index in [9.17, 15) is 0 Å². The lowest BCUT2D eigenvalue weighted by Crippen LogP contribution is -1.91. The SMILES string of the molecule is CC.Cc1ncc(C2=CCCC=C2)cn1. The van der Waals surface area contributed by atoms with E-state index in [1.54, 1.807) is 0 Å². The molecule has 0 aromatic carbocycles. The molecule has 0 spiro atoms. The molecule has 0 fully saturated rings. The summed E-state index contributed by atoms with van der Waals surface area (Å²) in [5, 5.41) is 0. The van der Waals surface area contributed by atoms with Crippen LogP contribution in [0.15, 0.2) is 30.6 Å². The molecular formula is C13H18N2. The van der Waals surface area contributed by atoms with E-state index < -0.39 is 0 Å². The van der Waals surface area contributed by atoms with E-state index in [1.165, 1.54) is 5.57 Å². The van der Waals surface area contributed by atoms with Crippen molar-refractivity contribution in [3.05, 3.63) is 42.0 Å². The zero-order valence-electron chi connectivity index (χ0n) is 9.70. The molecular weight excluding hydrogens is 184 g/mol. The number of rotatable bonds is 1. The first-order valence-electron chi connectivity index (χ1n) is 5.52. The molecule has 0 saturated carbocycles. The highest BCUT2D eigenvalue weighted by molar-refractivity contribution is 5.73. The van der Waals surface area contributed by atoms with Gasteiger partial charge in [-0.25, -0.2) is 9.97 Å². The zero-order valence-corrected chi connectivity index (χ0v) is 9.70. The first-order chi connectivity index (χ1) is 7.36. The fourth-order valence-electron chi connectivity index (χ4n) is 1.37. The predicted molar refractivity (Wildman–Crippen MR) is 64.5 cm³/mol. The molecule has 0 unspecified atom stereocenters. The van der Waals surface area contributed by atoms with Crippen LogP contribution in [0.4, 0.5) is 0 Å². The Hall–Kier alpha value is -1.44. The number of hydrogen-bond acceptors (Lipinski definition) is 2. The highest BCUT2D eigenvalue weighted by atomic mass is 14.8. The van der Waals surface area contributed by atoms with Gasteiger partial charge in [0.1, 0.15) is 5.82 Å². The highest BCUT2D eigenvalue weighted by Crippen LogP contribution is 2.19. The highest BCUT2D eigenvalue weighted by Gasteiger charge is 2.01. The van der Waals surface area contributed by atoms with Gasteiger partial charge in [-0.3, -0.25) is 0 Å². The second kappa shape index (κ2) is 6.12. The maximum atomic E-state index is 4.17. The molecule has 2 rings (SSSR count). The van der Waals surface area contributed by atoms with E-state index in [4.69, 9.17) is 0 Å². The average molecular weight is 202 g/mol. The summed E-state index contributed by atoms with van der Waals surface area (Å²) in [4.78, 5) is 8.34. The average Bonchev–Trinajstić information content (AvgIpc) is 2.34. The van der Waals surface area contributed by atoms with Crippen LogP contribution in [0, 0.1) is 6.92 Å². The third-order valence-electron chi connectivity index (χ3n) is 2.11. The van der Waals surface area contributed by atoms with Crippen molar-refractivity contribution >= 4 is 5.57 Å². The number of aromatic nitrogens is 2.